The average molecular weight is 403 g/mol. The van der Waals surface area contributed by atoms with E-state index in [4.69, 9.17) is 10.5 Å². The van der Waals surface area contributed by atoms with E-state index in [9.17, 15) is 9.59 Å². The van der Waals surface area contributed by atoms with Crippen molar-refractivity contribution in [2.75, 3.05) is 7.11 Å². The molecule has 2 N–H and O–H groups in total. The summed E-state index contributed by atoms with van der Waals surface area (Å²) in [6, 6.07) is 29.5. The van der Waals surface area contributed by atoms with Crippen LogP contribution in [-0.4, -0.2) is 24.3 Å². The third kappa shape index (κ3) is 4.08. The highest BCUT2D eigenvalue weighted by Crippen LogP contribution is 2.46. The average Bonchev–Trinajstić information content (AvgIpc) is 2.78. The minimum Gasteiger partial charge on any atom is -0.466 e. The SMILES string of the molecule is COC(=O)/C=C/C(C(N)=O)=P(c1ccccc1)(c1ccccc1)c1ccccc1. The smallest absolute Gasteiger partial charge is 0.330 e. The molecule has 0 bridgehead atoms. The van der Waals surface area contributed by atoms with Gasteiger partial charge in [0.15, 0.2) is 0 Å². The van der Waals surface area contributed by atoms with Gasteiger partial charge >= 0.3 is 5.97 Å². The molecule has 0 heterocycles. The Kier molecular flexibility index (Phi) is 6.48. The van der Waals surface area contributed by atoms with Crippen LogP contribution in [0.5, 0.6) is 0 Å². The van der Waals surface area contributed by atoms with Crippen LogP contribution in [0.2, 0.25) is 0 Å². The monoisotopic (exact) mass is 403 g/mol. The molecule has 0 unspecified atom stereocenters. The Balaban J connectivity index is 2.56. The predicted octanol–water partition coefficient (Wildman–Crippen LogP) is 2.37. The number of hydrogen-bond acceptors (Lipinski definition) is 3. The number of esters is 1. The molecule has 0 fully saturated rings. The second-order valence-electron chi connectivity index (χ2n) is 6.28. The number of benzene rings is 3. The van der Waals surface area contributed by atoms with Crippen molar-refractivity contribution in [2.45, 2.75) is 0 Å². The third-order valence-electron chi connectivity index (χ3n) is 4.62. The number of rotatable bonds is 6. The molecule has 0 aliphatic heterocycles. The van der Waals surface area contributed by atoms with Crippen LogP contribution in [0, 0.1) is 0 Å². The van der Waals surface area contributed by atoms with E-state index >= 15 is 0 Å². The molecule has 0 saturated heterocycles. The van der Waals surface area contributed by atoms with Gasteiger partial charge in [-0.3, -0.25) is 4.79 Å². The summed E-state index contributed by atoms with van der Waals surface area (Å²) in [5.74, 6) is -1.12. The molecule has 0 aliphatic rings. The van der Waals surface area contributed by atoms with E-state index in [1.54, 1.807) is 0 Å². The fourth-order valence-corrected chi connectivity index (χ4v) is 7.61. The van der Waals surface area contributed by atoms with E-state index in [2.05, 4.69) is 0 Å². The maximum atomic E-state index is 12.8. The third-order valence-corrected chi connectivity index (χ3v) is 8.93. The van der Waals surface area contributed by atoms with Gasteiger partial charge in [-0.1, -0.05) is 91.0 Å². The zero-order valence-corrected chi connectivity index (χ0v) is 17.0. The lowest BCUT2D eigenvalue weighted by Gasteiger charge is -2.31. The Morgan fingerprint density at radius 1 is 0.724 bits per heavy atom. The highest BCUT2D eigenvalue weighted by atomic mass is 31.2. The topological polar surface area (TPSA) is 69.4 Å². The second-order valence-corrected chi connectivity index (χ2v) is 9.66. The minimum atomic E-state index is -2.64. The molecule has 0 atom stereocenters. The summed E-state index contributed by atoms with van der Waals surface area (Å²) in [7, 11) is 1.30. The van der Waals surface area contributed by atoms with Gasteiger partial charge in [0.2, 0.25) is 5.91 Å². The van der Waals surface area contributed by atoms with Gasteiger partial charge in [0.05, 0.1) is 7.11 Å². The molecule has 3 rings (SSSR count). The van der Waals surface area contributed by atoms with Gasteiger partial charge < -0.3 is 10.5 Å². The van der Waals surface area contributed by atoms with Crippen LogP contribution in [0.15, 0.2) is 103 Å². The van der Waals surface area contributed by atoms with E-state index in [1.165, 1.54) is 19.3 Å². The van der Waals surface area contributed by atoms with Crippen LogP contribution in [0.3, 0.4) is 0 Å². The van der Waals surface area contributed by atoms with Crippen molar-refractivity contribution in [1.29, 1.82) is 0 Å². The molecule has 29 heavy (non-hydrogen) atoms. The van der Waals surface area contributed by atoms with Crippen molar-refractivity contribution >= 4 is 40.0 Å². The maximum Gasteiger partial charge on any atom is 0.330 e. The number of carbonyl (C=O) groups is 2. The molecule has 0 saturated carbocycles. The zero-order chi connectivity index (χ0) is 20.7. The van der Waals surface area contributed by atoms with Crippen molar-refractivity contribution < 1.29 is 14.3 Å². The van der Waals surface area contributed by atoms with Crippen LogP contribution >= 0.6 is 6.89 Å². The summed E-state index contributed by atoms with van der Waals surface area (Å²) in [5.41, 5.74) is 5.91. The Morgan fingerprint density at radius 3 is 1.41 bits per heavy atom. The first-order valence-corrected chi connectivity index (χ1v) is 10.9. The molecule has 146 valence electrons. The summed E-state index contributed by atoms with van der Waals surface area (Å²) in [5, 5.41) is 3.30. The molecule has 0 radical (unpaired) electrons. The lowest BCUT2D eigenvalue weighted by molar-refractivity contribution is -0.134. The molecule has 3 aromatic rings. The molecule has 0 aromatic heterocycles. The van der Waals surface area contributed by atoms with E-state index in [1.807, 2.05) is 91.0 Å². The van der Waals surface area contributed by atoms with Crippen molar-refractivity contribution in [3.63, 3.8) is 0 Å². The summed E-state index contributed by atoms with van der Waals surface area (Å²) < 4.78 is 4.73. The molecule has 3 aromatic carbocycles. The fourth-order valence-electron chi connectivity index (χ4n) is 3.39. The lowest BCUT2D eigenvalue weighted by Crippen LogP contribution is -2.35. The van der Waals surface area contributed by atoms with E-state index in [0.717, 1.165) is 15.9 Å². The normalized spacial score (nSPS) is 11.2. The summed E-state index contributed by atoms with van der Waals surface area (Å²) in [6.07, 6.45) is 2.76. The van der Waals surface area contributed by atoms with Gasteiger partial charge in [-0.25, -0.2) is 4.79 Å². The summed E-state index contributed by atoms with van der Waals surface area (Å²) in [6.45, 7) is -2.64. The first kappa shape index (κ1) is 20.4. The fraction of sp³-hybridized carbons (Fsp3) is 0.0417. The van der Waals surface area contributed by atoms with E-state index in [0.29, 0.717) is 5.29 Å². The largest absolute Gasteiger partial charge is 0.466 e. The number of primary amides is 1. The van der Waals surface area contributed by atoms with Crippen LogP contribution in [-0.2, 0) is 14.3 Å². The molecule has 1 amide bonds. The minimum absolute atomic E-state index is 0.381. The number of carbonyl (C=O) groups excluding carboxylic acids is 2. The van der Waals surface area contributed by atoms with Crippen LogP contribution in [0.25, 0.3) is 0 Å². The lowest BCUT2D eigenvalue weighted by atomic mass is 10.3. The first-order chi connectivity index (χ1) is 14.1. The van der Waals surface area contributed by atoms with Crippen LogP contribution < -0.4 is 21.6 Å². The first-order valence-electron chi connectivity index (χ1n) is 9.10. The Bertz CT molecular complexity index is 971. The van der Waals surface area contributed by atoms with Gasteiger partial charge in [-0.05, 0) is 28.9 Å². The Morgan fingerprint density at radius 2 is 1.10 bits per heavy atom. The van der Waals surface area contributed by atoms with Crippen molar-refractivity contribution in [3.8, 4) is 0 Å². The number of ether oxygens (including phenoxy) is 1. The number of hydrogen-bond donors (Lipinski definition) is 1. The quantitative estimate of drug-likeness (QED) is 0.390. The zero-order valence-electron chi connectivity index (χ0n) is 16.1. The second kappa shape index (κ2) is 9.22. The van der Waals surface area contributed by atoms with Crippen LogP contribution in [0.1, 0.15) is 0 Å². The summed E-state index contributed by atoms with van der Waals surface area (Å²) in [4.78, 5) is 24.6. The molecule has 5 heteroatoms. The molecular weight excluding hydrogens is 381 g/mol. The highest BCUT2D eigenvalue weighted by Gasteiger charge is 2.31. The number of methoxy groups -OCH3 is 1. The molecule has 4 nitrogen and oxygen atoms in total. The van der Waals surface area contributed by atoms with Gasteiger partial charge in [0.25, 0.3) is 0 Å². The maximum absolute atomic E-state index is 12.8. The number of amides is 1. The molecule has 0 aliphatic carbocycles. The standard InChI is InChI=1S/C24H22NO3P/c1-28-23(26)18-17-22(24(25)27)29(19-11-5-2-6-12-19,20-13-7-3-8-14-20)21-15-9-4-10-16-21/h2-18H,1H3,(H2,25,27)/b18-17+. The van der Waals surface area contributed by atoms with Gasteiger partial charge in [0.1, 0.15) is 0 Å². The Hall–Kier alpha value is -3.36. The van der Waals surface area contributed by atoms with E-state index in [-0.39, 0.29) is 0 Å². The molecule has 0 spiro atoms. The highest BCUT2D eigenvalue weighted by molar-refractivity contribution is 7.96. The van der Waals surface area contributed by atoms with Crippen LogP contribution in [0.4, 0.5) is 0 Å². The van der Waals surface area contributed by atoms with Crippen molar-refractivity contribution in [1.82, 2.24) is 0 Å². The van der Waals surface area contributed by atoms with E-state index < -0.39 is 18.8 Å². The van der Waals surface area contributed by atoms with Crippen molar-refractivity contribution in [2.24, 2.45) is 5.73 Å². The Labute approximate surface area is 170 Å². The molecular formula is C24H22NO3P. The van der Waals surface area contributed by atoms with Gasteiger partial charge in [-0.15, -0.1) is 0 Å². The van der Waals surface area contributed by atoms with Gasteiger partial charge in [0, 0.05) is 11.4 Å². The number of nitrogens with two attached hydrogens (primary N) is 1. The van der Waals surface area contributed by atoms with Gasteiger partial charge in [-0.2, -0.15) is 0 Å². The predicted molar refractivity (Wildman–Crippen MR) is 121 cm³/mol. The summed E-state index contributed by atoms with van der Waals surface area (Å²) >= 11 is 0. The van der Waals surface area contributed by atoms with Crippen molar-refractivity contribution in [3.05, 3.63) is 103 Å².